The quantitative estimate of drug-likeness (QED) is 0.503. The number of likely N-dealkylation sites (tertiary alicyclic amines) is 1. The van der Waals surface area contributed by atoms with Crippen LogP contribution in [0.3, 0.4) is 0 Å². The van der Waals surface area contributed by atoms with Gasteiger partial charge >= 0.3 is 0 Å². The zero-order valence-electron chi connectivity index (χ0n) is 7.96. The molecule has 3 nitrogen and oxygen atoms in total. The maximum atomic E-state index is 10.8. The molecular formula is C9H18N2OS. The number of amides is 1. The molecule has 0 bridgehead atoms. The van der Waals surface area contributed by atoms with Crippen molar-refractivity contribution in [2.24, 2.45) is 0 Å². The van der Waals surface area contributed by atoms with E-state index in [-0.39, 0.29) is 5.91 Å². The largest absolute Gasteiger partial charge is 0.355 e. The molecule has 1 amide bonds. The minimum Gasteiger partial charge on any atom is -0.355 e. The lowest BCUT2D eigenvalue weighted by Crippen LogP contribution is -2.29. The molecule has 0 spiro atoms. The SMILES string of the molecule is O=C(CS)NCCCN1CCCC1. The molecule has 0 atom stereocenters. The summed E-state index contributed by atoms with van der Waals surface area (Å²) in [7, 11) is 0. The highest BCUT2D eigenvalue weighted by molar-refractivity contribution is 7.81. The monoisotopic (exact) mass is 202 g/mol. The van der Waals surface area contributed by atoms with E-state index in [9.17, 15) is 4.79 Å². The molecular weight excluding hydrogens is 184 g/mol. The Labute approximate surface area is 85.3 Å². The average molecular weight is 202 g/mol. The van der Waals surface area contributed by atoms with Gasteiger partial charge in [0, 0.05) is 6.54 Å². The van der Waals surface area contributed by atoms with Gasteiger partial charge in [-0.2, -0.15) is 12.6 Å². The summed E-state index contributed by atoms with van der Waals surface area (Å²) in [5.74, 6) is 0.328. The van der Waals surface area contributed by atoms with Gasteiger partial charge in [0.05, 0.1) is 5.75 Å². The van der Waals surface area contributed by atoms with Gasteiger partial charge in [0.1, 0.15) is 0 Å². The van der Waals surface area contributed by atoms with E-state index in [1.54, 1.807) is 0 Å². The van der Waals surface area contributed by atoms with Crippen LogP contribution in [0.25, 0.3) is 0 Å². The summed E-state index contributed by atoms with van der Waals surface area (Å²) in [5.41, 5.74) is 0. The molecule has 4 heteroatoms. The first kappa shape index (κ1) is 10.9. The molecule has 1 heterocycles. The Morgan fingerprint density at radius 3 is 2.69 bits per heavy atom. The molecule has 1 saturated heterocycles. The smallest absolute Gasteiger partial charge is 0.229 e. The van der Waals surface area contributed by atoms with Gasteiger partial charge in [0.15, 0.2) is 0 Å². The number of thiol groups is 1. The Morgan fingerprint density at radius 1 is 1.38 bits per heavy atom. The van der Waals surface area contributed by atoms with Crippen LogP contribution in [0.1, 0.15) is 19.3 Å². The predicted octanol–water partition coefficient (Wildman–Crippen LogP) is 0.518. The van der Waals surface area contributed by atoms with E-state index in [2.05, 4.69) is 22.8 Å². The number of nitrogens with one attached hydrogen (secondary N) is 1. The fourth-order valence-corrected chi connectivity index (χ4v) is 1.70. The first-order valence-electron chi connectivity index (χ1n) is 4.93. The second-order valence-corrected chi connectivity index (χ2v) is 3.73. The van der Waals surface area contributed by atoms with Crippen LogP contribution in [0.4, 0.5) is 0 Å². The molecule has 0 aromatic heterocycles. The lowest BCUT2D eigenvalue weighted by atomic mass is 10.4. The Balaban J connectivity index is 1.91. The van der Waals surface area contributed by atoms with Crippen molar-refractivity contribution < 1.29 is 4.79 Å². The van der Waals surface area contributed by atoms with Crippen molar-refractivity contribution in [3.05, 3.63) is 0 Å². The average Bonchev–Trinajstić information content (AvgIpc) is 2.64. The van der Waals surface area contributed by atoms with Crippen molar-refractivity contribution in [2.45, 2.75) is 19.3 Å². The number of carbonyl (C=O) groups is 1. The van der Waals surface area contributed by atoms with Crippen LogP contribution < -0.4 is 5.32 Å². The van der Waals surface area contributed by atoms with Crippen LogP contribution >= 0.6 is 12.6 Å². The van der Waals surface area contributed by atoms with E-state index in [1.807, 2.05) is 0 Å². The van der Waals surface area contributed by atoms with Gasteiger partial charge in [-0.3, -0.25) is 4.79 Å². The van der Waals surface area contributed by atoms with Crippen LogP contribution in [0.2, 0.25) is 0 Å². The highest BCUT2D eigenvalue weighted by Crippen LogP contribution is 2.06. The van der Waals surface area contributed by atoms with Crippen LogP contribution in [-0.4, -0.2) is 42.7 Å². The molecule has 0 radical (unpaired) electrons. The number of hydrogen-bond donors (Lipinski definition) is 2. The fourth-order valence-electron chi connectivity index (χ4n) is 1.59. The minimum absolute atomic E-state index is 0.0322. The standard InChI is InChI=1S/C9H18N2OS/c12-9(8-13)10-4-3-7-11-5-1-2-6-11/h13H,1-8H2,(H,10,12). The van der Waals surface area contributed by atoms with Gasteiger partial charge in [-0.25, -0.2) is 0 Å². The zero-order valence-corrected chi connectivity index (χ0v) is 8.85. The number of rotatable bonds is 5. The Bertz CT molecular complexity index is 158. The Morgan fingerprint density at radius 2 is 2.08 bits per heavy atom. The van der Waals surface area contributed by atoms with Crippen molar-refractivity contribution in [1.29, 1.82) is 0 Å². The summed E-state index contributed by atoms with van der Waals surface area (Å²) < 4.78 is 0. The van der Waals surface area contributed by atoms with Crippen molar-refractivity contribution in [3.8, 4) is 0 Å². The summed E-state index contributed by atoms with van der Waals surface area (Å²) in [6.45, 7) is 4.38. The van der Waals surface area contributed by atoms with Crippen LogP contribution in [0.5, 0.6) is 0 Å². The third-order valence-electron chi connectivity index (χ3n) is 2.32. The molecule has 1 rings (SSSR count). The molecule has 1 N–H and O–H groups in total. The normalized spacial score (nSPS) is 17.6. The van der Waals surface area contributed by atoms with Crippen LogP contribution in [0, 0.1) is 0 Å². The van der Waals surface area contributed by atoms with Crippen LogP contribution in [-0.2, 0) is 4.79 Å². The summed E-state index contributed by atoms with van der Waals surface area (Å²) in [6, 6.07) is 0. The second kappa shape index (κ2) is 6.27. The highest BCUT2D eigenvalue weighted by Gasteiger charge is 2.10. The van der Waals surface area contributed by atoms with Crippen molar-refractivity contribution in [1.82, 2.24) is 10.2 Å². The summed E-state index contributed by atoms with van der Waals surface area (Å²) in [5, 5.41) is 2.81. The molecule has 0 aromatic carbocycles. The topological polar surface area (TPSA) is 32.3 Å². The first-order valence-corrected chi connectivity index (χ1v) is 5.56. The van der Waals surface area contributed by atoms with E-state index in [1.165, 1.54) is 25.9 Å². The lowest BCUT2D eigenvalue weighted by molar-refractivity contribution is -0.118. The number of nitrogens with zero attached hydrogens (tertiary/aromatic N) is 1. The number of hydrogen-bond acceptors (Lipinski definition) is 3. The van der Waals surface area contributed by atoms with Gasteiger partial charge in [0.25, 0.3) is 0 Å². The predicted molar refractivity (Wildman–Crippen MR) is 57.2 cm³/mol. The molecule has 0 aromatic rings. The van der Waals surface area contributed by atoms with E-state index in [4.69, 9.17) is 0 Å². The summed E-state index contributed by atoms with van der Waals surface area (Å²) >= 11 is 3.88. The van der Waals surface area contributed by atoms with Crippen LogP contribution in [0.15, 0.2) is 0 Å². The summed E-state index contributed by atoms with van der Waals surface area (Å²) in [6.07, 6.45) is 3.73. The maximum absolute atomic E-state index is 10.8. The summed E-state index contributed by atoms with van der Waals surface area (Å²) in [4.78, 5) is 13.3. The number of carbonyl (C=O) groups excluding carboxylic acids is 1. The second-order valence-electron chi connectivity index (χ2n) is 3.41. The van der Waals surface area contributed by atoms with Gasteiger partial charge in [-0.15, -0.1) is 0 Å². The molecule has 1 aliphatic rings. The zero-order chi connectivity index (χ0) is 9.52. The molecule has 0 aliphatic carbocycles. The van der Waals surface area contributed by atoms with Gasteiger partial charge in [-0.1, -0.05) is 0 Å². The van der Waals surface area contributed by atoms with Crippen molar-refractivity contribution >= 4 is 18.5 Å². The Kier molecular flexibility index (Phi) is 5.23. The molecule has 1 fully saturated rings. The maximum Gasteiger partial charge on any atom is 0.229 e. The first-order chi connectivity index (χ1) is 6.33. The minimum atomic E-state index is 0.0322. The van der Waals surface area contributed by atoms with Crippen molar-refractivity contribution in [3.63, 3.8) is 0 Å². The molecule has 76 valence electrons. The molecule has 13 heavy (non-hydrogen) atoms. The lowest BCUT2D eigenvalue weighted by Gasteiger charge is -2.13. The van der Waals surface area contributed by atoms with Gasteiger partial charge in [0.2, 0.25) is 5.91 Å². The van der Waals surface area contributed by atoms with E-state index >= 15 is 0 Å². The molecule has 0 unspecified atom stereocenters. The van der Waals surface area contributed by atoms with E-state index < -0.39 is 0 Å². The third-order valence-corrected chi connectivity index (χ3v) is 2.60. The Hall–Kier alpha value is -0.220. The van der Waals surface area contributed by atoms with Gasteiger partial charge < -0.3 is 10.2 Å². The highest BCUT2D eigenvalue weighted by atomic mass is 32.1. The van der Waals surface area contributed by atoms with Crippen molar-refractivity contribution in [2.75, 3.05) is 31.9 Å². The fraction of sp³-hybridized carbons (Fsp3) is 0.889. The van der Waals surface area contributed by atoms with Gasteiger partial charge in [-0.05, 0) is 38.9 Å². The van der Waals surface area contributed by atoms with E-state index in [0.717, 1.165) is 19.5 Å². The third kappa shape index (κ3) is 4.52. The molecule has 1 aliphatic heterocycles. The van der Waals surface area contributed by atoms with E-state index in [0.29, 0.717) is 5.75 Å². The molecule has 0 saturated carbocycles.